The third-order valence-corrected chi connectivity index (χ3v) is 6.50. The van der Waals surface area contributed by atoms with Gasteiger partial charge in [-0.05, 0) is 86.3 Å². The Morgan fingerprint density at radius 1 is 0.765 bits per heavy atom. The zero-order chi connectivity index (χ0) is 23.7. The Morgan fingerprint density at radius 2 is 1.24 bits per heavy atom. The first-order chi connectivity index (χ1) is 16.5. The monoisotopic (exact) mass is 461 g/mol. The van der Waals surface area contributed by atoms with Crippen molar-refractivity contribution in [2.45, 2.75) is 32.7 Å². The van der Waals surface area contributed by atoms with Gasteiger partial charge in [0.05, 0.1) is 11.1 Å². The van der Waals surface area contributed by atoms with E-state index in [4.69, 9.17) is 0 Å². The molecular weight excluding hydrogens is 432 g/mol. The van der Waals surface area contributed by atoms with Crippen molar-refractivity contribution in [2.24, 2.45) is 0 Å². The van der Waals surface area contributed by atoms with Gasteiger partial charge in [0.25, 0.3) is 0 Å². The van der Waals surface area contributed by atoms with Gasteiger partial charge in [-0.2, -0.15) is 0 Å². The molecule has 5 nitrogen and oxygen atoms in total. The highest BCUT2D eigenvalue weighted by Gasteiger charge is 2.23. The molecule has 0 amide bonds. The lowest BCUT2D eigenvalue weighted by atomic mass is 9.98. The van der Waals surface area contributed by atoms with E-state index in [-0.39, 0.29) is 17.7 Å². The highest BCUT2D eigenvalue weighted by atomic mass is 19.1. The molecule has 0 saturated carbocycles. The van der Waals surface area contributed by atoms with E-state index in [1.54, 1.807) is 24.3 Å². The van der Waals surface area contributed by atoms with E-state index in [0.717, 1.165) is 61.3 Å². The molecule has 5 rings (SSSR count). The van der Waals surface area contributed by atoms with Crippen LogP contribution in [0.2, 0.25) is 0 Å². The van der Waals surface area contributed by atoms with Gasteiger partial charge in [-0.3, -0.25) is 0 Å². The van der Waals surface area contributed by atoms with Crippen LogP contribution < -0.4 is 10.6 Å². The fourth-order valence-corrected chi connectivity index (χ4v) is 4.71. The standard InChI is InChI=1S/C27H29F2N5/c1-17(2)34-26(22-5-3-20(15-24(22)28)18-7-11-30-12-8-18)32-33-27(34)23-6-4-21(16-25(23)29)19-9-13-31-14-10-19/h3-7,9,15-17,30-31H,8,10-14H2,1-2H3. The van der Waals surface area contributed by atoms with Crippen molar-refractivity contribution >= 4 is 11.1 Å². The molecule has 2 aliphatic heterocycles. The van der Waals surface area contributed by atoms with E-state index in [0.29, 0.717) is 22.8 Å². The van der Waals surface area contributed by atoms with Gasteiger partial charge in [-0.25, -0.2) is 8.78 Å². The molecule has 1 aromatic heterocycles. The van der Waals surface area contributed by atoms with Gasteiger partial charge < -0.3 is 15.2 Å². The number of rotatable bonds is 5. The second-order valence-electron chi connectivity index (χ2n) is 9.07. The van der Waals surface area contributed by atoms with Crippen LogP contribution in [0.25, 0.3) is 33.9 Å². The van der Waals surface area contributed by atoms with Gasteiger partial charge in [0.15, 0.2) is 11.6 Å². The van der Waals surface area contributed by atoms with Crippen LogP contribution in [0.4, 0.5) is 8.78 Å². The minimum absolute atomic E-state index is 0.0857. The van der Waals surface area contributed by atoms with E-state index < -0.39 is 0 Å². The topological polar surface area (TPSA) is 54.8 Å². The lowest BCUT2D eigenvalue weighted by molar-refractivity contribution is 0.592. The Balaban J connectivity index is 1.52. The third kappa shape index (κ3) is 4.33. The van der Waals surface area contributed by atoms with Crippen molar-refractivity contribution in [2.75, 3.05) is 26.2 Å². The van der Waals surface area contributed by atoms with Crippen LogP contribution in [0.5, 0.6) is 0 Å². The molecular formula is C27H29F2N5. The third-order valence-electron chi connectivity index (χ3n) is 6.50. The van der Waals surface area contributed by atoms with Crippen LogP contribution in [0.1, 0.15) is 43.9 Å². The predicted octanol–water partition coefficient (Wildman–Crippen LogP) is 5.22. The predicted molar refractivity (Wildman–Crippen MR) is 132 cm³/mol. The van der Waals surface area contributed by atoms with Crippen molar-refractivity contribution in [3.63, 3.8) is 0 Å². The fraction of sp³-hybridized carbons (Fsp3) is 0.333. The molecule has 2 aromatic carbocycles. The summed E-state index contributed by atoms with van der Waals surface area (Å²) < 4.78 is 32.4. The Morgan fingerprint density at radius 3 is 1.59 bits per heavy atom. The maximum atomic E-state index is 15.3. The van der Waals surface area contributed by atoms with Crippen LogP contribution in [0.15, 0.2) is 48.6 Å². The van der Waals surface area contributed by atoms with Gasteiger partial charge in [-0.15, -0.1) is 10.2 Å². The van der Waals surface area contributed by atoms with Crippen LogP contribution in [0, 0.1) is 11.6 Å². The molecule has 34 heavy (non-hydrogen) atoms. The molecule has 3 aromatic rings. The van der Waals surface area contributed by atoms with Crippen molar-refractivity contribution < 1.29 is 8.78 Å². The first-order valence-electron chi connectivity index (χ1n) is 11.9. The summed E-state index contributed by atoms with van der Waals surface area (Å²) in [5.74, 6) is 0.0913. The smallest absolute Gasteiger partial charge is 0.167 e. The van der Waals surface area contributed by atoms with E-state index in [1.165, 1.54) is 0 Å². The molecule has 0 saturated heterocycles. The number of hydrogen-bond donors (Lipinski definition) is 2. The Kier molecular flexibility index (Phi) is 6.39. The van der Waals surface area contributed by atoms with Crippen molar-refractivity contribution in [1.82, 2.24) is 25.4 Å². The molecule has 0 aliphatic carbocycles. The molecule has 0 unspecified atom stereocenters. The van der Waals surface area contributed by atoms with Crippen LogP contribution in [0.3, 0.4) is 0 Å². The van der Waals surface area contributed by atoms with Gasteiger partial charge >= 0.3 is 0 Å². The summed E-state index contributed by atoms with van der Waals surface area (Å²) in [7, 11) is 0. The second kappa shape index (κ2) is 9.60. The average Bonchev–Trinajstić information content (AvgIpc) is 3.30. The molecule has 0 fully saturated rings. The number of aromatic nitrogens is 3. The molecule has 2 N–H and O–H groups in total. The van der Waals surface area contributed by atoms with Gasteiger partial charge in [0.1, 0.15) is 11.6 Å². The summed E-state index contributed by atoms with van der Waals surface area (Å²) >= 11 is 0. The average molecular weight is 462 g/mol. The number of nitrogens with zero attached hydrogens (tertiary/aromatic N) is 3. The molecule has 2 aliphatic rings. The summed E-state index contributed by atoms with van der Waals surface area (Å²) in [5, 5.41) is 15.2. The molecule has 3 heterocycles. The highest BCUT2D eigenvalue weighted by molar-refractivity contribution is 5.72. The molecule has 0 radical (unpaired) electrons. The number of halogens is 2. The Labute approximate surface area is 198 Å². The first-order valence-corrected chi connectivity index (χ1v) is 11.9. The van der Waals surface area contributed by atoms with Crippen LogP contribution in [-0.4, -0.2) is 40.9 Å². The quantitative estimate of drug-likeness (QED) is 0.547. The van der Waals surface area contributed by atoms with Crippen molar-refractivity contribution in [3.05, 3.63) is 71.3 Å². The summed E-state index contributed by atoms with van der Waals surface area (Å²) in [6.07, 6.45) is 5.93. The molecule has 176 valence electrons. The zero-order valence-electron chi connectivity index (χ0n) is 19.5. The van der Waals surface area contributed by atoms with E-state index in [9.17, 15) is 0 Å². The fourth-order valence-electron chi connectivity index (χ4n) is 4.71. The number of hydrogen-bond acceptors (Lipinski definition) is 4. The van der Waals surface area contributed by atoms with Crippen molar-refractivity contribution in [3.8, 4) is 22.8 Å². The summed E-state index contributed by atoms with van der Waals surface area (Å²) in [4.78, 5) is 0. The van der Waals surface area contributed by atoms with E-state index in [1.807, 2.05) is 30.5 Å². The summed E-state index contributed by atoms with van der Waals surface area (Å²) in [5.41, 5.74) is 4.77. The molecule has 0 atom stereocenters. The maximum Gasteiger partial charge on any atom is 0.167 e. The Hall–Kier alpha value is -3.16. The maximum absolute atomic E-state index is 15.3. The Bertz CT molecular complexity index is 1180. The van der Waals surface area contributed by atoms with E-state index >= 15 is 8.78 Å². The van der Waals surface area contributed by atoms with Crippen LogP contribution in [-0.2, 0) is 0 Å². The molecule has 0 bridgehead atoms. The zero-order valence-corrected chi connectivity index (χ0v) is 19.5. The van der Waals surface area contributed by atoms with Gasteiger partial charge in [0, 0.05) is 19.1 Å². The lowest BCUT2D eigenvalue weighted by Gasteiger charge is -2.17. The first kappa shape index (κ1) is 22.6. The van der Waals surface area contributed by atoms with Crippen LogP contribution >= 0.6 is 0 Å². The molecule has 7 heteroatoms. The largest absolute Gasteiger partial charge is 0.313 e. The van der Waals surface area contributed by atoms with Crippen molar-refractivity contribution in [1.29, 1.82) is 0 Å². The summed E-state index contributed by atoms with van der Waals surface area (Å²) in [6, 6.07) is 10.4. The van der Waals surface area contributed by atoms with Gasteiger partial charge in [-0.1, -0.05) is 24.3 Å². The normalized spacial score (nSPS) is 16.5. The number of benzene rings is 2. The number of nitrogens with one attached hydrogen (secondary N) is 2. The lowest BCUT2D eigenvalue weighted by Crippen LogP contribution is -2.20. The molecule has 0 spiro atoms. The minimum Gasteiger partial charge on any atom is -0.313 e. The second-order valence-corrected chi connectivity index (χ2v) is 9.07. The highest BCUT2D eigenvalue weighted by Crippen LogP contribution is 2.33. The SMILES string of the molecule is CC(C)n1c(-c2ccc(C3=CCNCC3)cc2F)nnc1-c1ccc(C2=CCNCC2)cc1F. The summed E-state index contributed by atoms with van der Waals surface area (Å²) in [6.45, 7) is 7.30. The minimum atomic E-state index is -0.355. The van der Waals surface area contributed by atoms with E-state index in [2.05, 4.69) is 33.0 Å². The van der Waals surface area contributed by atoms with Gasteiger partial charge in [0.2, 0.25) is 0 Å².